The van der Waals surface area contributed by atoms with Crippen molar-refractivity contribution in [1.82, 2.24) is 14.8 Å². The minimum atomic E-state index is -0.0727. The summed E-state index contributed by atoms with van der Waals surface area (Å²) in [7, 11) is 0. The Kier molecular flexibility index (Phi) is 3.22. The zero-order valence-corrected chi connectivity index (χ0v) is 12.4. The maximum atomic E-state index is 12.1. The summed E-state index contributed by atoms with van der Waals surface area (Å²) in [5.41, 5.74) is 1.17. The highest BCUT2D eigenvalue weighted by Crippen LogP contribution is 2.46. The normalized spacial score (nSPS) is 26.6. The number of benzene rings is 1. The van der Waals surface area contributed by atoms with Crippen LogP contribution in [0.25, 0.3) is 0 Å². The van der Waals surface area contributed by atoms with Gasteiger partial charge in [0.1, 0.15) is 0 Å². The van der Waals surface area contributed by atoms with Crippen molar-refractivity contribution in [2.45, 2.75) is 29.8 Å². The Bertz CT molecular complexity index is 719. The second kappa shape index (κ2) is 5.22. The second-order valence-electron chi connectivity index (χ2n) is 5.80. The van der Waals surface area contributed by atoms with Crippen molar-refractivity contribution in [1.29, 1.82) is 0 Å². The predicted molar refractivity (Wildman–Crippen MR) is 83.2 cm³/mol. The van der Waals surface area contributed by atoms with Gasteiger partial charge in [-0.1, -0.05) is 54.2 Å². The number of H-pyrrole nitrogens is 1. The standard InChI is InChI=1S/C16H17N3OS/c20-15-17-18-16(21-10-11-4-2-1-3-5-11)19(15)14-9-12-6-7-13(14)8-12/h1-7,12-14H,8-10H2,(H,17,20)/t12-,13+,14+/m1/s1. The fraction of sp³-hybridized carbons (Fsp3) is 0.375. The van der Waals surface area contributed by atoms with Gasteiger partial charge in [0.15, 0.2) is 5.16 Å². The third kappa shape index (κ3) is 2.35. The number of hydrogen-bond acceptors (Lipinski definition) is 3. The Morgan fingerprint density at radius 3 is 2.81 bits per heavy atom. The summed E-state index contributed by atoms with van der Waals surface area (Å²) in [4.78, 5) is 12.1. The molecule has 1 N–H and O–H groups in total. The van der Waals surface area contributed by atoms with Gasteiger partial charge in [0.05, 0.1) is 0 Å². The van der Waals surface area contributed by atoms with Crippen LogP contribution in [-0.2, 0) is 5.75 Å². The molecule has 1 aromatic carbocycles. The van der Waals surface area contributed by atoms with Crippen molar-refractivity contribution in [3.8, 4) is 0 Å². The van der Waals surface area contributed by atoms with Crippen molar-refractivity contribution in [3.05, 3.63) is 58.5 Å². The number of aromatic amines is 1. The zero-order valence-electron chi connectivity index (χ0n) is 11.6. The maximum Gasteiger partial charge on any atom is 0.344 e. The van der Waals surface area contributed by atoms with E-state index < -0.39 is 0 Å². The molecule has 2 bridgehead atoms. The van der Waals surface area contributed by atoms with E-state index in [0.717, 1.165) is 17.3 Å². The molecular formula is C16H17N3OS. The van der Waals surface area contributed by atoms with Gasteiger partial charge in [-0.25, -0.2) is 9.89 Å². The molecule has 0 spiro atoms. The summed E-state index contributed by atoms with van der Waals surface area (Å²) in [5.74, 6) is 1.98. The van der Waals surface area contributed by atoms with E-state index >= 15 is 0 Å². The molecule has 108 valence electrons. The van der Waals surface area contributed by atoms with Crippen molar-refractivity contribution < 1.29 is 0 Å². The van der Waals surface area contributed by atoms with Crippen LogP contribution in [0.15, 0.2) is 52.4 Å². The number of nitrogens with zero attached hydrogens (tertiary/aromatic N) is 2. The highest BCUT2D eigenvalue weighted by molar-refractivity contribution is 7.98. The first-order valence-electron chi connectivity index (χ1n) is 7.33. The number of fused-ring (bicyclic) bond motifs is 2. The maximum absolute atomic E-state index is 12.1. The molecule has 5 heteroatoms. The molecule has 0 aliphatic heterocycles. The molecule has 1 saturated carbocycles. The van der Waals surface area contributed by atoms with Crippen LogP contribution in [0.3, 0.4) is 0 Å². The van der Waals surface area contributed by atoms with Gasteiger partial charge in [-0.2, -0.15) is 0 Å². The molecule has 0 saturated heterocycles. The van der Waals surface area contributed by atoms with Gasteiger partial charge in [-0.3, -0.25) is 4.57 Å². The first-order valence-corrected chi connectivity index (χ1v) is 8.32. The molecule has 1 aromatic heterocycles. The Labute approximate surface area is 127 Å². The van der Waals surface area contributed by atoms with Crippen LogP contribution in [0.1, 0.15) is 24.4 Å². The predicted octanol–water partition coefficient (Wildman–Crippen LogP) is 3.00. The van der Waals surface area contributed by atoms with E-state index in [0.29, 0.717) is 11.8 Å². The van der Waals surface area contributed by atoms with E-state index in [1.54, 1.807) is 11.8 Å². The number of aromatic nitrogens is 3. The molecule has 2 aromatic rings. The van der Waals surface area contributed by atoms with Gasteiger partial charge in [0.2, 0.25) is 0 Å². The van der Waals surface area contributed by atoms with Crippen LogP contribution in [0.5, 0.6) is 0 Å². The first kappa shape index (κ1) is 13.0. The van der Waals surface area contributed by atoms with Crippen LogP contribution in [0.4, 0.5) is 0 Å². The highest BCUT2D eigenvalue weighted by Gasteiger charge is 2.38. The Morgan fingerprint density at radius 2 is 2.10 bits per heavy atom. The average molecular weight is 299 g/mol. The van der Waals surface area contributed by atoms with Crippen LogP contribution in [0.2, 0.25) is 0 Å². The summed E-state index contributed by atoms with van der Waals surface area (Å²) in [6.45, 7) is 0. The lowest BCUT2D eigenvalue weighted by molar-refractivity contribution is 0.396. The molecule has 4 nitrogen and oxygen atoms in total. The lowest BCUT2D eigenvalue weighted by Crippen LogP contribution is -2.25. The topological polar surface area (TPSA) is 50.7 Å². The number of hydrogen-bond donors (Lipinski definition) is 1. The van der Waals surface area contributed by atoms with E-state index in [-0.39, 0.29) is 11.7 Å². The molecule has 0 radical (unpaired) electrons. The van der Waals surface area contributed by atoms with Gasteiger partial charge in [0.25, 0.3) is 0 Å². The van der Waals surface area contributed by atoms with E-state index in [4.69, 9.17) is 0 Å². The van der Waals surface area contributed by atoms with Gasteiger partial charge < -0.3 is 0 Å². The van der Waals surface area contributed by atoms with Crippen LogP contribution in [-0.4, -0.2) is 14.8 Å². The quantitative estimate of drug-likeness (QED) is 0.697. The van der Waals surface area contributed by atoms with E-state index in [1.807, 2.05) is 22.8 Å². The van der Waals surface area contributed by atoms with Gasteiger partial charge in [0, 0.05) is 11.8 Å². The minimum Gasteiger partial charge on any atom is -0.266 e. The molecule has 2 aliphatic rings. The summed E-state index contributed by atoms with van der Waals surface area (Å²) in [6.07, 6.45) is 6.82. The van der Waals surface area contributed by atoms with Gasteiger partial charge >= 0.3 is 5.69 Å². The lowest BCUT2D eigenvalue weighted by Gasteiger charge is -2.20. The Morgan fingerprint density at radius 1 is 1.24 bits per heavy atom. The molecule has 0 unspecified atom stereocenters. The molecular weight excluding hydrogens is 282 g/mol. The monoisotopic (exact) mass is 299 g/mol. The number of nitrogens with one attached hydrogen (secondary N) is 1. The summed E-state index contributed by atoms with van der Waals surface area (Å²) < 4.78 is 1.88. The molecule has 0 amide bonds. The minimum absolute atomic E-state index is 0.0727. The first-order chi connectivity index (χ1) is 10.3. The molecule has 21 heavy (non-hydrogen) atoms. The fourth-order valence-corrected chi connectivity index (χ4v) is 4.41. The fourth-order valence-electron chi connectivity index (χ4n) is 3.46. The van der Waals surface area contributed by atoms with Crippen LogP contribution in [0, 0.1) is 11.8 Å². The van der Waals surface area contributed by atoms with Crippen molar-refractivity contribution in [2.75, 3.05) is 0 Å². The second-order valence-corrected chi connectivity index (χ2v) is 6.75. The molecule has 4 rings (SSSR count). The third-order valence-corrected chi connectivity index (χ3v) is 5.48. The van der Waals surface area contributed by atoms with Crippen molar-refractivity contribution >= 4 is 11.8 Å². The number of allylic oxidation sites excluding steroid dienone is 2. The van der Waals surface area contributed by atoms with E-state index in [1.165, 1.54) is 12.0 Å². The van der Waals surface area contributed by atoms with Crippen molar-refractivity contribution in [3.63, 3.8) is 0 Å². The SMILES string of the molecule is O=c1[nH]nc(SCc2ccccc2)n1[C@H]1C[C@@H]2C=C[C@H]1C2. The Balaban J connectivity index is 1.57. The molecule has 1 fully saturated rings. The molecule has 2 aliphatic carbocycles. The van der Waals surface area contributed by atoms with E-state index in [2.05, 4.69) is 34.5 Å². The van der Waals surface area contributed by atoms with Crippen molar-refractivity contribution in [2.24, 2.45) is 11.8 Å². The number of rotatable bonds is 4. The molecule has 3 atom stereocenters. The van der Waals surface area contributed by atoms with Crippen LogP contribution < -0.4 is 5.69 Å². The van der Waals surface area contributed by atoms with Gasteiger partial charge in [-0.15, -0.1) is 5.10 Å². The molecule has 1 heterocycles. The lowest BCUT2D eigenvalue weighted by atomic mass is 10.0. The zero-order chi connectivity index (χ0) is 14.2. The van der Waals surface area contributed by atoms with E-state index in [9.17, 15) is 4.79 Å². The largest absolute Gasteiger partial charge is 0.344 e. The average Bonchev–Trinajstić information content (AvgIpc) is 3.21. The summed E-state index contributed by atoms with van der Waals surface area (Å²) >= 11 is 1.63. The number of thioether (sulfide) groups is 1. The Hall–Kier alpha value is -1.75. The smallest absolute Gasteiger partial charge is 0.266 e. The summed E-state index contributed by atoms with van der Waals surface area (Å²) in [5, 5.41) is 7.66. The van der Waals surface area contributed by atoms with Gasteiger partial charge in [-0.05, 0) is 30.2 Å². The summed E-state index contributed by atoms with van der Waals surface area (Å²) in [6, 6.07) is 10.6. The third-order valence-electron chi connectivity index (χ3n) is 4.46. The van der Waals surface area contributed by atoms with Crippen LogP contribution >= 0.6 is 11.8 Å². The highest BCUT2D eigenvalue weighted by atomic mass is 32.2.